The summed E-state index contributed by atoms with van der Waals surface area (Å²) < 4.78 is 12.3. The molecule has 0 saturated carbocycles. The lowest BCUT2D eigenvalue weighted by Crippen LogP contribution is -2.24. The molecule has 0 aliphatic heterocycles. The van der Waals surface area contributed by atoms with Crippen LogP contribution < -0.4 is 14.9 Å². The second kappa shape index (κ2) is 10.6. The van der Waals surface area contributed by atoms with Gasteiger partial charge in [0.05, 0.1) is 6.21 Å². The number of ether oxygens (including phenoxy) is 2. The van der Waals surface area contributed by atoms with Gasteiger partial charge in [0.15, 0.2) is 6.61 Å². The molecule has 0 bridgehead atoms. The maximum atomic E-state index is 11.9. The van der Waals surface area contributed by atoms with Gasteiger partial charge in [-0.25, -0.2) is 5.43 Å². The van der Waals surface area contributed by atoms with Crippen LogP contribution in [-0.2, 0) is 11.4 Å². The van der Waals surface area contributed by atoms with Gasteiger partial charge in [-0.15, -0.1) is 0 Å². The number of carbonyl (C=O) groups excluding carboxylic acids is 1. The minimum atomic E-state index is -0.372. The van der Waals surface area contributed by atoms with Crippen molar-refractivity contribution in [2.45, 2.75) is 6.61 Å². The predicted molar refractivity (Wildman–Crippen MR) is 118 cm³/mol. The lowest BCUT2D eigenvalue weighted by Gasteiger charge is -2.09. The third kappa shape index (κ3) is 6.93. The summed E-state index contributed by atoms with van der Waals surface area (Å²) in [5.74, 6) is 0.853. The molecule has 3 aromatic carbocycles. The number of nitrogens with zero attached hydrogens (tertiary/aromatic N) is 1. The molecule has 0 aromatic heterocycles. The van der Waals surface area contributed by atoms with E-state index in [0.717, 1.165) is 15.6 Å². The molecule has 7 heteroatoms. The number of amides is 1. The first kappa shape index (κ1) is 20.9. The highest BCUT2D eigenvalue weighted by Crippen LogP contribution is 2.19. The van der Waals surface area contributed by atoms with Crippen molar-refractivity contribution in [2.75, 3.05) is 6.61 Å². The van der Waals surface area contributed by atoms with Crippen LogP contribution in [0.4, 0.5) is 0 Å². The van der Waals surface area contributed by atoms with E-state index in [9.17, 15) is 4.79 Å². The maximum absolute atomic E-state index is 11.9. The van der Waals surface area contributed by atoms with E-state index in [2.05, 4.69) is 26.5 Å². The van der Waals surface area contributed by atoms with Crippen molar-refractivity contribution in [3.8, 4) is 11.5 Å². The Kier molecular flexibility index (Phi) is 7.67. The van der Waals surface area contributed by atoms with E-state index in [-0.39, 0.29) is 12.5 Å². The number of benzene rings is 3. The second-order valence-corrected chi connectivity index (χ2v) is 7.34. The Bertz CT molecular complexity index is 993. The maximum Gasteiger partial charge on any atom is 0.277 e. The Morgan fingerprint density at radius 1 is 1.03 bits per heavy atom. The average molecular weight is 474 g/mol. The normalized spacial score (nSPS) is 10.7. The van der Waals surface area contributed by atoms with Crippen molar-refractivity contribution in [1.29, 1.82) is 0 Å². The SMILES string of the molecule is O=C(COc1ccc(Cl)cc1)N/N=C\c1ccccc1OCc1cccc(Br)c1. The molecule has 0 saturated heterocycles. The Hall–Kier alpha value is -2.83. The van der Waals surface area contributed by atoms with Gasteiger partial charge in [-0.05, 0) is 54.1 Å². The van der Waals surface area contributed by atoms with E-state index < -0.39 is 0 Å². The van der Waals surface area contributed by atoms with Gasteiger partial charge < -0.3 is 9.47 Å². The van der Waals surface area contributed by atoms with E-state index in [1.807, 2.05) is 48.5 Å². The number of nitrogens with one attached hydrogen (secondary N) is 1. The van der Waals surface area contributed by atoms with Crippen molar-refractivity contribution in [3.05, 3.63) is 93.4 Å². The first-order chi connectivity index (χ1) is 14.1. The summed E-state index contributed by atoms with van der Waals surface area (Å²) in [6, 6.07) is 22.1. The zero-order chi connectivity index (χ0) is 20.5. The smallest absolute Gasteiger partial charge is 0.277 e. The molecule has 3 aromatic rings. The summed E-state index contributed by atoms with van der Waals surface area (Å²) in [4.78, 5) is 11.9. The molecule has 0 aliphatic carbocycles. The zero-order valence-corrected chi connectivity index (χ0v) is 17.7. The van der Waals surface area contributed by atoms with Gasteiger partial charge in [0, 0.05) is 15.1 Å². The van der Waals surface area contributed by atoms with Crippen LogP contribution in [0.25, 0.3) is 0 Å². The summed E-state index contributed by atoms with van der Waals surface area (Å²) in [5.41, 5.74) is 4.23. The van der Waals surface area contributed by atoms with Crippen molar-refractivity contribution in [1.82, 2.24) is 5.43 Å². The molecule has 0 aliphatic rings. The number of carbonyl (C=O) groups is 1. The quantitative estimate of drug-likeness (QED) is 0.361. The van der Waals surface area contributed by atoms with Crippen LogP contribution in [0.1, 0.15) is 11.1 Å². The molecule has 1 N–H and O–H groups in total. The summed E-state index contributed by atoms with van der Waals surface area (Å²) >= 11 is 9.26. The summed E-state index contributed by atoms with van der Waals surface area (Å²) in [6.07, 6.45) is 1.54. The van der Waals surface area contributed by atoms with E-state index in [4.69, 9.17) is 21.1 Å². The lowest BCUT2D eigenvalue weighted by molar-refractivity contribution is -0.123. The molecule has 0 fully saturated rings. The molecule has 3 rings (SSSR count). The van der Waals surface area contributed by atoms with Gasteiger partial charge in [-0.1, -0.05) is 51.8 Å². The van der Waals surface area contributed by atoms with E-state index in [1.54, 1.807) is 24.3 Å². The van der Waals surface area contributed by atoms with Gasteiger partial charge in [0.25, 0.3) is 5.91 Å². The zero-order valence-electron chi connectivity index (χ0n) is 15.3. The molecule has 0 heterocycles. The molecule has 29 heavy (non-hydrogen) atoms. The third-order valence-electron chi connectivity index (χ3n) is 3.78. The van der Waals surface area contributed by atoms with Crippen LogP contribution in [0.15, 0.2) is 82.4 Å². The van der Waals surface area contributed by atoms with E-state index >= 15 is 0 Å². The minimum Gasteiger partial charge on any atom is -0.488 e. The van der Waals surface area contributed by atoms with Crippen LogP contribution >= 0.6 is 27.5 Å². The number of hydrazone groups is 1. The van der Waals surface area contributed by atoms with Crippen molar-refractivity contribution in [2.24, 2.45) is 5.10 Å². The number of hydrogen-bond acceptors (Lipinski definition) is 4. The summed E-state index contributed by atoms with van der Waals surface area (Å²) in [6.45, 7) is 0.269. The fraction of sp³-hybridized carbons (Fsp3) is 0.0909. The van der Waals surface area contributed by atoms with Gasteiger partial charge in [-0.3, -0.25) is 4.79 Å². The monoisotopic (exact) mass is 472 g/mol. The van der Waals surface area contributed by atoms with Crippen molar-refractivity contribution >= 4 is 39.7 Å². The number of para-hydroxylation sites is 1. The average Bonchev–Trinajstić information content (AvgIpc) is 2.73. The topological polar surface area (TPSA) is 59.9 Å². The highest BCUT2D eigenvalue weighted by molar-refractivity contribution is 9.10. The fourth-order valence-electron chi connectivity index (χ4n) is 2.39. The van der Waals surface area contributed by atoms with Crippen LogP contribution in [0, 0.1) is 0 Å². The van der Waals surface area contributed by atoms with Gasteiger partial charge >= 0.3 is 0 Å². The Labute approximate surface area is 182 Å². The molecule has 0 spiro atoms. The predicted octanol–water partition coefficient (Wildman–Crippen LogP) is 5.21. The van der Waals surface area contributed by atoms with Crippen LogP contribution in [0.3, 0.4) is 0 Å². The molecule has 0 unspecified atom stereocenters. The van der Waals surface area contributed by atoms with Crippen molar-refractivity contribution in [3.63, 3.8) is 0 Å². The van der Waals surface area contributed by atoms with Gasteiger partial charge in [0.2, 0.25) is 0 Å². The third-order valence-corrected chi connectivity index (χ3v) is 4.52. The highest BCUT2D eigenvalue weighted by atomic mass is 79.9. The first-order valence-corrected chi connectivity index (χ1v) is 9.94. The second-order valence-electron chi connectivity index (χ2n) is 5.99. The highest BCUT2D eigenvalue weighted by Gasteiger charge is 2.04. The molecule has 1 amide bonds. The lowest BCUT2D eigenvalue weighted by atomic mass is 10.2. The molecule has 0 atom stereocenters. The van der Waals surface area contributed by atoms with Crippen molar-refractivity contribution < 1.29 is 14.3 Å². The van der Waals surface area contributed by atoms with Gasteiger partial charge in [-0.2, -0.15) is 5.10 Å². The van der Waals surface area contributed by atoms with Crippen LogP contribution in [0.5, 0.6) is 11.5 Å². The largest absolute Gasteiger partial charge is 0.488 e. The van der Waals surface area contributed by atoms with Gasteiger partial charge in [0.1, 0.15) is 18.1 Å². The Morgan fingerprint density at radius 3 is 2.62 bits per heavy atom. The Balaban J connectivity index is 1.52. The van der Waals surface area contributed by atoms with Crippen LogP contribution in [0.2, 0.25) is 5.02 Å². The number of rotatable bonds is 8. The Morgan fingerprint density at radius 2 is 1.83 bits per heavy atom. The summed E-state index contributed by atoms with van der Waals surface area (Å²) in [7, 11) is 0. The number of halogens is 2. The number of hydrogen-bond donors (Lipinski definition) is 1. The molecule has 148 valence electrons. The van der Waals surface area contributed by atoms with E-state index in [0.29, 0.717) is 23.1 Å². The molecular weight excluding hydrogens is 456 g/mol. The standard InChI is InChI=1S/C22H18BrClN2O3/c23-18-6-3-4-16(12-18)14-29-21-7-2-1-5-17(21)13-25-26-22(27)15-28-20-10-8-19(24)9-11-20/h1-13H,14-15H2,(H,26,27)/b25-13-. The van der Waals surface area contributed by atoms with Crippen LogP contribution in [-0.4, -0.2) is 18.7 Å². The molecule has 0 radical (unpaired) electrons. The first-order valence-electron chi connectivity index (χ1n) is 8.77. The molecular formula is C22H18BrClN2O3. The molecule has 5 nitrogen and oxygen atoms in total. The fourth-order valence-corrected chi connectivity index (χ4v) is 2.96. The minimum absolute atomic E-state index is 0.153. The summed E-state index contributed by atoms with van der Waals surface area (Å²) in [5, 5.41) is 4.59. The van der Waals surface area contributed by atoms with E-state index in [1.165, 1.54) is 6.21 Å².